The first-order chi connectivity index (χ1) is 15.5. The average Bonchev–Trinajstić information content (AvgIpc) is 2.79. The minimum absolute atomic E-state index is 0.190. The topological polar surface area (TPSA) is 60.5 Å². The highest BCUT2D eigenvalue weighted by atomic mass is 19.1. The molecule has 1 atom stereocenters. The first kappa shape index (κ1) is 22.7. The number of carbonyl (C=O) groups is 1. The lowest BCUT2D eigenvalue weighted by molar-refractivity contribution is -0.132. The van der Waals surface area contributed by atoms with E-state index in [9.17, 15) is 9.18 Å². The van der Waals surface area contributed by atoms with Crippen LogP contribution in [0, 0.1) is 5.82 Å². The normalized spacial score (nSPS) is 20.3. The van der Waals surface area contributed by atoms with Crippen LogP contribution in [0.1, 0.15) is 37.4 Å². The minimum atomic E-state index is -0.234. The zero-order valence-electron chi connectivity index (χ0n) is 18.9. The lowest BCUT2D eigenvalue weighted by Gasteiger charge is -2.33. The molecule has 2 aliphatic rings. The van der Waals surface area contributed by atoms with Crippen molar-refractivity contribution in [2.24, 2.45) is 0 Å². The Kier molecular flexibility index (Phi) is 7.71. The third-order valence-corrected chi connectivity index (χ3v) is 6.38. The van der Waals surface area contributed by atoms with Gasteiger partial charge in [0.1, 0.15) is 5.82 Å². The van der Waals surface area contributed by atoms with Gasteiger partial charge in [0.2, 0.25) is 5.91 Å². The van der Waals surface area contributed by atoms with Crippen LogP contribution in [0.4, 0.5) is 10.1 Å². The van der Waals surface area contributed by atoms with E-state index >= 15 is 0 Å². The summed E-state index contributed by atoms with van der Waals surface area (Å²) < 4.78 is 13.4. The molecule has 4 rings (SSSR count). The number of nitrogens with one attached hydrogen (secondary N) is 2. The number of amides is 1. The van der Waals surface area contributed by atoms with Gasteiger partial charge in [0.15, 0.2) is 0 Å². The molecule has 2 saturated heterocycles. The Hall–Kier alpha value is -2.51. The van der Waals surface area contributed by atoms with Gasteiger partial charge in [-0.05, 0) is 56.0 Å². The summed E-state index contributed by atoms with van der Waals surface area (Å²) in [5.41, 5.74) is 3.00. The van der Waals surface area contributed by atoms with Gasteiger partial charge in [0.25, 0.3) is 0 Å². The van der Waals surface area contributed by atoms with Crippen LogP contribution >= 0.6 is 0 Å². The molecule has 7 heteroatoms. The maximum absolute atomic E-state index is 13.4. The van der Waals surface area contributed by atoms with Crippen LogP contribution in [-0.4, -0.2) is 65.5 Å². The van der Waals surface area contributed by atoms with Crippen molar-refractivity contribution in [3.8, 4) is 0 Å². The van der Waals surface area contributed by atoms with Crippen LogP contribution in [0.15, 0.2) is 42.6 Å². The van der Waals surface area contributed by atoms with Crippen LogP contribution in [0.25, 0.3) is 0 Å². The molecule has 172 valence electrons. The highest BCUT2D eigenvalue weighted by Gasteiger charge is 2.22. The number of pyridine rings is 1. The standard InChI is InChI=1S/C25H34FN5O/c1-19-17-30(14-11-27-19)18-20-5-6-22(28-16-20)7-8-25(32)31-12-9-23(10-13-31)29-24-4-2-3-21(26)15-24/h2-6,15-16,19,23,27,29H,7-14,17-18H2,1H3. The first-order valence-electron chi connectivity index (χ1n) is 11.7. The largest absolute Gasteiger partial charge is 0.382 e. The third kappa shape index (κ3) is 6.50. The second-order valence-corrected chi connectivity index (χ2v) is 9.06. The van der Waals surface area contributed by atoms with Gasteiger partial charge in [-0.15, -0.1) is 0 Å². The Balaban J connectivity index is 1.18. The molecule has 0 aliphatic carbocycles. The van der Waals surface area contributed by atoms with E-state index in [0.29, 0.717) is 18.9 Å². The van der Waals surface area contributed by atoms with Crippen molar-refractivity contribution >= 4 is 11.6 Å². The molecule has 6 nitrogen and oxygen atoms in total. The van der Waals surface area contributed by atoms with Crippen LogP contribution in [-0.2, 0) is 17.8 Å². The molecule has 0 bridgehead atoms. The van der Waals surface area contributed by atoms with Gasteiger partial charge in [0, 0.05) is 75.4 Å². The summed E-state index contributed by atoms with van der Waals surface area (Å²) in [5, 5.41) is 6.85. The van der Waals surface area contributed by atoms with E-state index in [0.717, 1.165) is 63.5 Å². The van der Waals surface area contributed by atoms with Crippen molar-refractivity contribution in [1.29, 1.82) is 0 Å². The number of anilines is 1. The number of carbonyl (C=O) groups excluding carboxylic acids is 1. The van der Waals surface area contributed by atoms with Gasteiger partial charge in [-0.3, -0.25) is 14.7 Å². The second kappa shape index (κ2) is 10.9. The fraction of sp³-hybridized carbons (Fsp3) is 0.520. The molecular formula is C25H34FN5O. The number of nitrogens with zero attached hydrogens (tertiary/aromatic N) is 3. The van der Waals surface area contributed by atoms with Crippen LogP contribution < -0.4 is 10.6 Å². The maximum Gasteiger partial charge on any atom is 0.222 e. The number of halogens is 1. The minimum Gasteiger partial charge on any atom is -0.382 e. The fourth-order valence-corrected chi connectivity index (χ4v) is 4.59. The second-order valence-electron chi connectivity index (χ2n) is 9.06. The average molecular weight is 440 g/mol. The molecular weight excluding hydrogens is 405 g/mol. The molecule has 2 fully saturated rings. The summed E-state index contributed by atoms with van der Waals surface area (Å²) in [6.07, 6.45) is 4.87. The molecule has 2 aliphatic heterocycles. The van der Waals surface area contributed by atoms with E-state index in [-0.39, 0.29) is 17.8 Å². The third-order valence-electron chi connectivity index (χ3n) is 6.38. The van der Waals surface area contributed by atoms with E-state index < -0.39 is 0 Å². The number of benzene rings is 1. The molecule has 0 radical (unpaired) electrons. The van der Waals surface area contributed by atoms with E-state index in [1.165, 1.54) is 17.7 Å². The Labute approximate surface area is 190 Å². The summed E-state index contributed by atoms with van der Waals surface area (Å²) in [6.45, 7) is 7.78. The number of piperazine rings is 1. The quantitative estimate of drug-likeness (QED) is 0.695. The Morgan fingerprint density at radius 3 is 2.78 bits per heavy atom. The summed E-state index contributed by atoms with van der Waals surface area (Å²) in [6, 6.07) is 11.6. The van der Waals surface area contributed by atoms with Gasteiger partial charge in [-0.25, -0.2) is 4.39 Å². The van der Waals surface area contributed by atoms with Crippen LogP contribution in [0.2, 0.25) is 0 Å². The predicted molar refractivity (Wildman–Crippen MR) is 125 cm³/mol. The van der Waals surface area contributed by atoms with E-state index in [1.54, 1.807) is 6.07 Å². The molecule has 1 amide bonds. The van der Waals surface area contributed by atoms with Gasteiger partial charge in [-0.1, -0.05) is 12.1 Å². The number of aromatic nitrogens is 1. The van der Waals surface area contributed by atoms with E-state index in [4.69, 9.17) is 0 Å². The fourth-order valence-electron chi connectivity index (χ4n) is 4.59. The van der Waals surface area contributed by atoms with Crippen LogP contribution in [0.5, 0.6) is 0 Å². The zero-order valence-corrected chi connectivity index (χ0v) is 18.9. The molecule has 2 aromatic rings. The highest BCUT2D eigenvalue weighted by Crippen LogP contribution is 2.18. The Bertz CT molecular complexity index is 882. The highest BCUT2D eigenvalue weighted by molar-refractivity contribution is 5.76. The first-order valence-corrected chi connectivity index (χ1v) is 11.7. The summed E-state index contributed by atoms with van der Waals surface area (Å²) in [4.78, 5) is 21.7. The van der Waals surface area contributed by atoms with Crippen molar-refractivity contribution in [1.82, 2.24) is 20.1 Å². The van der Waals surface area contributed by atoms with E-state index in [1.807, 2.05) is 17.2 Å². The SMILES string of the molecule is CC1CN(Cc2ccc(CCC(=O)N3CCC(Nc4cccc(F)c4)CC3)nc2)CCN1. The van der Waals surface area contributed by atoms with Crippen molar-refractivity contribution in [3.63, 3.8) is 0 Å². The number of hydrogen-bond acceptors (Lipinski definition) is 5. The Morgan fingerprint density at radius 2 is 2.06 bits per heavy atom. The number of rotatable bonds is 7. The number of hydrogen-bond donors (Lipinski definition) is 2. The zero-order chi connectivity index (χ0) is 22.3. The number of piperidine rings is 1. The molecule has 1 unspecified atom stereocenters. The van der Waals surface area contributed by atoms with Gasteiger partial charge in [0.05, 0.1) is 0 Å². The molecule has 2 N–H and O–H groups in total. The number of aryl methyl sites for hydroxylation is 1. The monoisotopic (exact) mass is 439 g/mol. The Morgan fingerprint density at radius 1 is 1.22 bits per heavy atom. The molecule has 1 aromatic carbocycles. The maximum atomic E-state index is 13.4. The summed E-state index contributed by atoms with van der Waals surface area (Å²) >= 11 is 0. The predicted octanol–water partition coefficient (Wildman–Crippen LogP) is 3.05. The lowest BCUT2D eigenvalue weighted by Crippen LogP contribution is -2.48. The molecule has 0 saturated carbocycles. The molecule has 0 spiro atoms. The van der Waals surface area contributed by atoms with Crippen LogP contribution in [0.3, 0.4) is 0 Å². The van der Waals surface area contributed by atoms with Gasteiger partial charge >= 0.3 is 0 Å². The van der Waals surface area contributed by atoms with Crippen molar-refractivity contribution in [3.05, 3.63) is 59.7 Å². The summed E-state index contributed by atoms with van der Waals surface area (Å²) in [7, 11) is 0. The molecule has 3 heterocycles. The molecule has 32 heavy (non-hydrogen) atoms. The van der Waals surface area contributed by atoms with Gasteiger partial charge in [-0.2, -0.15) is 0 Å². The molecule has 1 aromatic heterocycles. The van der Waals surface area contributed by atoms with Crippen molar-refractivity contribution in [2.75, 3.05) is 38.0 Å². The van der Waals surface area contributed by atoms with E-state index in [2.05, 4.69) is 39.6 Å². The van der Waals surface area contributed by atoms with Crippen molar-refractivity contribution in [2.45, 2.75) is 51.2 Å². The summed E-state index contributed by atoms with van der Waals surface area (Å²) in [5.74, 6) is -0.0439. The number of likely N-dealkylation sites (tertiary alicyclic amines) is 1. The lowest BCUT2D eigenvalue weighted by atomic mass is 10.0. The van der Waals surface area contributed by atoms with Crippen molar-refractivity contribution < 1.29 is 9.18 Å². The smallest absolute Gasteiger partial charge is 0.222 e. The van der Waals surface area contributed by atoms with Gasteiger partial charge < -0.3 is 15.5 Å².